The lowest BCUT2D eigenvalue weighted by Crippen LogP contribution is -2.38. The molecule has 0 fully saturated rings. The maximum Gasteiger partial charge on any atom is 0.225 e. The Bertz CT molecular complexity index is 1130. The zero-order valence-corrected chi connectivity index (χ0v) is 19.6. The molecule has 0 bridgehead atoms. The van der Waals surface area contributed by atoms with Gasteiger partial charge in [0.2, 0.25) is 5.91 Å². The number of nitrogens with one attached hydrogen (secondary N) is 1. The lowest BCUT2D eigenvalue weighted by molar-refractivity contribution is -0.122. The number of benzene rings is 2. The molecule has 0 saturated heterocycles. The van der Waals surface area contributed by atoms with E-state index < -0.39 is 5.92 Å². The zero-order chi connectivity index (χ0) is 23.0. The van der Waals surface area contributed by atoms with Crippen molar-refractivity contribution in [2.75, 3.05) is 21.3 Å². The van der Waals surface area contributed by atoms with Gasteiger partial charge in [-0.2, -0.15) is 0 Å². The van der Waals surface area contributed by atoms with E-state index in [0.29, 0.717) is 40.1 Å². The summed E-state index contributed by atoms with van der Waals surface area (Å²) in [6, 6.07) is 9.05. The minimum absolute atomic E-state index is 0.000742. The molecule has 2 aliphatic rings. The number of rotatable bonds is 5. The van der Waals surface area contributed by atoms with Gasteiger partial charge < -0.3 is 24.6 Å². The second kappa shape index (κ2) is 8.86. The Kier molecular flexibility index (Phi) is 6.15. The van der Waals surface area contributed by atoms with Crippen molar-refractivity contribution in [3.8, 4) is 23.0 Å². The van der Waals surface area contributed by atoms with Crippen LogP contribution in [0.3, 0.4) is 0 Å². The summed E-state index contributed by atoms with van der Waals surface area (Å²) in [7, 11) is 4.61. The molecule has 2 N–H and O–H groups in total. The van der Waals surface area contributed by atoms with Gasteiger partial charge in [0.1, 0.15) is 0 Å². The third kappa shape index (κ3) is 3.95. The van der Waals surface area contributed by atoms with E-state index in [1.807, 2.05) is 18.2 Å². The van der Waals surface area contributed by atoms with Crippen LogP contribution in [0.25, 0.3) is 0 Å². The standard InChI is InChI=1S/C24H24BrNO6/c1-30-19-5-4-12(9-20(19)31-2)13-7-17-23(18(27)8-13)15(11-22(28)26-17)14-6-16(25)24(29)21(10-14)32-3/h4-6,9-10,13,15,29H,7-8,11H2,1-3H3,(H,26,28)/t13-,15-/m1/s1. The number of Topliss-reactive ketones (excluding diaryl/α,β-unsaturated/α-hetero) is 1. The lowest BCUT2D eigenvalue weighted by atomic mass is 9.73. The van der Waals surface area contributed by atoms with Crippen molar-refractivity contribution in [3.63, 3.8) is 0 Å². The molecule has 0 radical (unpaired) electrons. The fraction of sp³-hybridized carbons (Fsp3) is 0.333. The number of phenols is 1. The van der Waals surface area contributed by atoms with E-state index >= 15 is 0 Å². The first-order valence-corrected chi connectivity index (χ1v) is 11.0. The molecule has 2 aromatic carbocycles. The van der Waals surface area contributed by atoms with Gasteiger partial charge in [0, 0.05) is 30.0 Å². The number of ether oxygens (including phenoxy) is 3. The molecule has 0 saturated carbocycles. The molecule has 1 aliphatic carbocycles. The highest BCUT2D eigenvalue weighted by atomic mass is 79.9. The van der Waals surface area contributed by atoms with Crippen molar-refractivity contribution in [2.24, 2.45) is 0 Å². The first kappa shape index (κ1) is 22.2. The van der Waals surface area contributed by atoms with Crippen LogP contribution < -0.4 is 19.5 Å². The minimum Gasteiger partial charge on any atom is -0.503 e. The molecular formula is C24H24BrNO6. The molecule has 1 aliphatic heterocycles. The quantitative estimate of drug-likeness (QED) is 0.637. The number of carbonyl (C=O) groups excluding carboxylic acids is 2. The lowest BCUT2D eigenvalue weighted by Gasteiger charge is -2.34. The number of halogens is 1. The molecule has 4 rings (SSSR count). The molecule has 1 heterocycles. The third-order valence-corrected chi connectivity index (χ3v) is 6.69. The largest absolute Gasteiger partial charge is 0.503 e. The highest BCUT2D eigenvalue weighted by Crippen LogP contribution is 2.46. The van der Waals surface area contributed by atoms with Gasteiger partial charge in [0.25, 0.3) is 0 Å². The Morgan fingerprint density at radius 3 is 2.28 bits per heavy atom. The van der Waals surface area contributed by atoms with Crippen molar-refractivity contribution in [1.82, 2.24) is 5.32 Å². The number of ketones is 1. The van der Waals surface area contributed by atoms with E-state index in [0.717, 1.165) is 11.1 Å². The summed E-state index contributed by atoms with van der Waals surface area (Å²) >= 11 is 3.33. The maximum absolute atomic E-state index is 13.3. The van der Waals surface area contributed by atoms with Gasteiger partial charge in [-0.3, -0.25) is 9.59 Å². The Balaban J connectivity index is 1.72. The molecule has 7 nitrogen and oxygen atoms in total. The van der Waals surface area contributed by atoms with Crippen LogP contribution in [0.1, 0.15) is 42.2 Å². The number of methoxy groups -OCH3 is 3. The second-order valence-corrected chi connectivity index (χ2v) is 8.75. The van der Waals surface area contributed by atoms with Crippen molar-refractivity contribution in [1.29, 1.82) is 0 Å². The third-order valence-electron chi connectivity index (χ3n) is 6.09. The van der Waals surface area contributed by atoms with Crippen LogP contribution in [-0.4, -0.2) is 38.1 Å². The highest BCUT2D eigenvalue weighted by Gasteiger charge is 2.38. The average Bonchev–Trinajstić information content (AvgIpc) is 2.79. The molecule has 1 amide bonds. The predicted octanol–water partition coefficient (Wildman–Crippen LogP) is 4.18. The Morgan fingerprint density at radius 1 is 0.906 bits per heavy atom. The molecule has 2 atom stereocenters. The zero-order valence-electron chi connectivity index (χ0n) is 18.0. The molecule has 0 aromatic heterocycles. The summed E-state index contributed by atoms with van der Waals surface area (Å²) in [6.45, 7) is 0. The number of aromatic hydroxyl groups is 1. The number of hydrogen-bond donors (Lipinski definition) is 2. The van der Waals surface area contributed by atoms with E-state index in [9.17, 15) is 14.7 Å². The molecule has 168 valence electrons. The molecular weight excluding hydrogens is 478 g/mol. The Hall–Kier alpha value is -3.00. The predicted molar refractivity (Wildman–Crippen MR) is 121 cm³/mol. The summed E-state index contributed by atoms with van der Waals surface area (Å²) in [5, 5.41) is 13.1. The molecule has 8 heteroatoms. The molecule has 0 unspecified atom stereocenters. The number of phenolic OH excluding ortho intramolecular Hbond substituents is 1. The second-order valence-electron chi connectivity index (χ2n) is 7.89. The van der Waals surface area contributed by atoms with Gasteiger partial charge in [-0.1, -0.05) is 6.07 Å². The van der Waals surface area contributed by atoms with Crippen LogP contribution in [0.5, 0.6) is 23.0 Å². The van der Waals surface area contributed by atoms with Gasteiger partial charge in [0.05, 0.1) is 25.8 Å². The summed E-state index contributed by atoms with van der Waals surface area (Å²) in [4.78, 5) is 25.9. The van der Waals surface area contributed by atoms with Crippen LogP contribution in [0.2, 0.25) is 0 Å². The highest BCUT2D eigenvalue weighted by molar-refractivity contribution is 9.10. The van der Waals surface area contributed by atoms with Crippen molar-refractivity contribution < 1.29 is 28.9 Å². The van der Waals surface area contributed by atoms with E-state index in [-0.39, 0.29) is 35.5 Å². The monoisotopic (exact) mass is 501 g/mol. The summed E-state index contributed by atoms with van der Waals surface area (Å²) in [5.74, 6) is 0.865. The molecule has 32 heavy (non-hydrogen) atoms. The van der Waals surface area contributed by atoms with E-state index in [2.05, 4.69) is 21.2 Å². The van der Waals surface area contributed by atoms with Crippen molar-refractivity contribution >= 4 is 27.6 Å². The Labute approximate surface area is 194 Å². The van der Waals surface area contributed by atoms with Crippen LogP contribution in [-0.2, 0) is 9.59 Å². The normalized spacial score (nSPS) is 20.5. The number of carbonyl (C=O) groups is 2. The van der Waals surface area contributed by atoms with Crippen LogP contribution >= 0.6 is 15.9 Å². The first-order chi connectivity index (χ1) is 15.4. The number of allylic oxidation sites excluding steroid dienone is 2. The van der Waals surface area contributed by atoms with Crippen LogP contribution in [0.15, 0.2) is 46.1 Å². The molecule has 0 spiro atoms. The van der Waals surface area contributed by atoms with E-state index in [1.54, 1.807) is 26.4 Å². The van der Waals surface area contributed by atoms with E-state index in [1.165, 1.54) is 7.11 Å². The fourth-order valence-electron chi connectivity index (χ4n) is 4.54. The Morgan fingerprint density at radius 2 is 1.59 bits per heavy atom. The van der Waals surface area contributed by atoms with Crippen molar-refractivity contribution in [2.45, 2.75) is 31.1 Å². The van der Waals surface area contributed by atoms with Crippen molar-refractivity contribution in [3.05, 3.63) is 57.2 Å². The van der Waals surface area contributed by atoms with Gasteiger partial charge in [-0.15, -0.1) is 0 Å². The van der Waals surface area contributed by atoms with Crippen LogP contribution in [0, 0.1) is 0 Å². The summed E-state index contributed by atoms with van der Waals surface area (Å²) in [5.41, 5.74) is 2.98. The van der Waals surface area contributed by atoms with Gasteiger partial charge in [0.15, 0.2) is 28.8 Å². The summed E-state index contributed by atoms with van der Waals surface area (Å²) in [6.07, 6.45) is 1.03. The van der Waals surface area contributed by atoms with Gasteiger partial charge >= 0.3 is 0 Å². The maximum atomic E-state index is 13.3. The van der Waals surface area contributed by atoms with Crippen LogP contribution in [0.4, 0.5) is 0 Å². The molecule has 2 aromatic rings. The summed E-state index contributed by atoms with van der Waals surface area (Å²) < 4.78 is 16.4. The SMILES string of the molecule is COc1ccc([C@H]2CC(=O)C3=C(C2)NC(=O)C[C@@H]3c2cc(Br)c(O)c(OC)c2)cc1OC. The topological polar surface area (TPSA) is 94.1 Å². The fourth-order valence-corrected chi connectivity index (χ4v) is 5.00. The van der Waals surface area contributed by atoms with E-state index in [4.69, 9.17) is 14.2 Å². The first-order valence-electron chi connectivity index (χ1n) is 10.2. The van der Waals surface area contributed by atoms with Gasteiger partial charge in [-0.05, 0) is 63.7 Å². The smallest absolute Gasteiger partial charge is 0.225 e. The minimum atomic E-state index is -0.400. The van der Waals surface area contributed by atoms with Gasteiger partial charge in [-0.25, -0.2) is 0 Å². The number of amides is 1. The number of hydrogen-bond acceptors (Lipinski definition) is 6. The average molecular weight is 502 g/mol.